The second-order valence-corrected chi connectivity index (χ2v) is 2.43. The maximum atomic E-state index is 12.6. The van der Waals surface area contributed by atoms with Gasteiger partial charge < -0.3 is 4.65 Å². The van der Waals surface area contributed by atoms with E-state index in [-0.39, 0.29) is 5.02 Å². The Labute approximate surface area is 70.4 Å². The minimum Gasteiger partial charge on any atom is -0.437 e. The fourth-order valence-corrected chi connectivity index (χ4v) is 0.911. The number of halogens is 2. The van der Waals surface area contributed by atoms with E-state index in [4.69, 9.17) is 16.3 Å². The lowest BCUT2D eigenvalue weighted by atomic mass is 9.88. The average Bonchev–Trinajstić information content (AvgIpc) is 1.98. The van der Waals surface area contributed by atoms with Gasteiger partial charge in [-0.05, 0) is 12.1 Å². The molecule has 0 N–H and O–H groups in total. The van der Waals surface area contributed by atoms with Crippen LogP contribution in [0.2, 0.25) is 5.02 Å². The molecule has 1 radical (unpaired) electrons. The van der Waals surface area contributed by atoms with Crippen LogP contribution in [-0.4, -0.2) is 14.6 Å². The van der Waals surface area contributed by atoms with Crippen LogP contribution in [0.3, 0.4) is 0 Å². The van der Waals surface area contributed by atoms with E-state index in [0.717, 1.165) is 5.46 Å². The summed E-state index contributed by atoms with van der Waals surface area (Å²) in [6, 6.07) is 4.39. The van der Waals surface area contributed by atoms with Gasteiger partial charge in [-0.1, -0.05) is 23.1 Å². The third-order valence-electron chi connectivity index (χ3n) is 1.20. The molecule has 0 aliphatic rings. The fraction of sp³-hybridized carbons (Fsp3) is 0.143. The van der Waals surface area contributed by atoms with Crippen molar-refractivity contribution in [3.63, 3.8) is 0 Å². The van der Waals surface area contributed by atoms with Crippen molar-refractivity contribution in [1.29, 1.82) is 0 Å². The van der Waals surface area contributed by atoms with Crippen molar-refractivity contribution >= 4 is 24.5 Å². The molecule has 0 bridgehead atoms. The van der Waals surface area contributed by atoms with Gasteiger partial charge in [0.1, 0.15) is 5.82 Å². The third-order valence-corrected chi connectivity index (χ3v) is 1.49. The lowest BCUT2D eigenvalue weighted by molar-refractivity contribution is 0.450. The zero-order chi connectivity index (χ0) is 8.27. The van der Waals surface area contributed by atoms with Gasteiger partial charge in [0, 0.05) is 7.11 Å². The van der Waals surface area contributed by atoms with Crippen molar-refractivity contribution in [3.05, 3.63) is 29.0 Å². The van der Waals surface area contributed by atoms with Crippen LogP contribution in [0.1, 0.15) is 0 Å². The smallest absolute Gasteiger partial charge is 0.329 e. The molecule has 1 aromatic carbocycles. The molecule has 1 aromatic rings. The van der Waals surface area contributed by atoms with Gasteiger partial charge in [-0.15, -0.1) is 0 Å². The number of hydrogen-bond acceptors (Lipinski definition) is 1. The first-order valence-electron chi connectivity index (χ1n) is 3.05. The molecule has 1 rings (SSSR count). The SMILES string of the molecule is CO[B]c1ccc(F)c(Cl)c1. The first kappa shape index (κ1) is 8.56. The van der Waals surface area contributed by atoms with Crippen molar-refractivity contribution < 1.29 is 9.04 Å². The maximum Gasteiger partial charge on any atom is 0.329 e. The molecule has 0 saturated carbocycles. The molecule has 0 fully saturated rings. The number of benzene rings is 1. The summed E-state index contributed by atoms with van der Waals surface area (Å²) in [4.78, 5) is 0. The highest BCUT2D eigenvalue weighted by molar-refractivity contribution is 6.47. The summed E-state index contributed by atoms with van der Waals surface area (Å²) in [7, 11) is 3.02. The Morgan fingerprint density at radius 3 is 2.82 bits per heavy atom. The molecule has 57 valence electrons. The molecule has 0 unspecified atom stereocenters. The Kier molecular flexibility index (Phi) is 2.91. The predicted octanol–water partition coefficient (Wildman–Crippen LogP) is 1.37. The van der Waals surface area contributed by atoms with Crippen molar-refractivity contribution in [2.75, 3.05) is 7.11 Å². The molecule has 0 saturated heterocycles. The van der Waals surface area contributed by atoms with E-state index in [9.17, 15) is 4.39 Å². The van der Waals surface area contributed by atoms with Gasteiger partial charge in [-0.2, -0.15) is 0 Å². The molecule has 1 nitrogen and oxygen atoms in total. The van der Waals surface area contributed by atoms with Gasteiger partial charge in [0.2, 0.25) is 0 Å². The maximum absolute atomic E-state index is 12.6. The van der Waals surface area contributed by atoms with E-state index in [1.54, 1.807) is 6.07 Å². The van der Waals surface area contributed by atoms with Gasteiger partial charge >= 0.3 is 7.48 Å². The number of hydrogen-bond donors (Lipinski definition) is 0. The Bertz CT molecular complexity index is 254. The Balaban J connectivity index is 2.86. The molecule has 0 spiro atoms. The van der Waals surface area contributed by atoms with E-state index in [0.29, 0.717) is 0 Å². The predicted molar refractivity (Wildman–Crippen MR) is 43.8 cm³/mol. The summed E-state index contributed by atoms with van der Waals surface area (Å²) >= 11 is 5.50. The highest BCUT2D eigenvalue weighted by Gasteiger charge is 2.01. The average molecular weight is 171 g/mol. The van der Waals surface area contributed by atoms with Crippen molar-refractivity contribution in [2.45, 2.75) is 0 Å². The third kappa shape index (κ3) is 2.21. The molecule has 4 heteroatoms. The van der Waals surface area contributed by atoms with Gasteiger partial charge in [-0.3, -0.25) is 0 Å². The summed E-state index contributed by atoms with van der Waals surface area (Å²) in [6.07, 6.45) is 0. The van der Waals surface area contributed by atoms with Crippen LogP contribution < -0.4 is 5.46 Å². The van der Waals surface area contributed by atoms with E-state index in [2.05, 4.69) is 0 Å². The van der Waals surface area contributed by atoms with Crippen LogP contribution in [0.25, 0.3) is 0 Å². The molecule has 0 aliphatic heterocycles. The zero-order valence-corrected chi connectivity index (χ0v) is 6.73. The zero-order valence-electron chi connectivity index (χ0n) is 5.97. The Hall–Kier alpha value is -0.535. The minimum atomic E-state index is -0.417. The van der Waals surface area contributed by atoms with E-state index < -0.39 is 5.82 Å². The molecular formula is C7H6BClFO. The highest BCUT2D eigenvalue weighted by Crippen LogP contribution is 2.10. The van der Waals surface area contributed by atoms with Crippen LogP contribution in [0.5, 0.6) is 0 Å². The quantitative estimate of drug-likeness (QED) is 0.611. The topological polar surface area (TPSA) is 9.23 Å². The summed E-state index contributed by atoms with van der Waals surface area (Å²) < 4.78 is 17.3. The molecule has 0 aliphatic carbocycles. The van der Waals surface area contributed by atoms with Crippen LogP contribution in [0.15, 0.2) is 18.2 Å². The lowest BCUT2D eigenvalue weighted by Crippen LogP contribution is -2.15. The normalized spacial score (nSPS) is 9.73. The van der Waals surface area contributed by atoms with E-state index in [1.165, 1.54) is 26.7 Å². The summed E-state index contributed by atoms with van der Waals surface area (Å²) in [5, 5.41) is 0.107. The van der Waals surface area contributed by atoms with Gasteiger partial charge in [0.05, 0.1) is 5.02 Å². The second kappa shape index (κ2) is 3.74. The first-order valence-corrected chi connectivity index (χ1v) is 3.43. The first-order chi connectivity index (χ1) is 5.24. The number of rotatable bonds is 2. The standard InChI is InChI=1S/C7H6BClFO/c1-11-8-5-2-3-7(10)6(9)4-5/h2-4H,1H3. The Morgan fingerprint density at radius 1 is 1.55 bits per heavy atom. The van der Waals surface area contributed by atoms with E-state index >= 15 is 0 Å². The second-order valence-electron chi connectivity index (χ2n) is 2.03. The molecule has 0 amide bonds. The summed E-state index contributed by atoms with van der Waals surface area (Å²) in [6.45, 7) is 0. The van der Waals surface area contributed by atoms with Crippen molar-refractivity contribution in [1.82, 2.24) is 0 Å². The minimum absolute atomic E-state index is 0.107. The van der Waals surface area contributed by atoms with Crippen LogP contribution in [0, 0.1) is 5.82 Å². The van der Waals surface area contributed by atoms with Crippen LogP contribution >= 0.6 is 11.6 Å². The molecule has 0 aromatic heterocycles. The van der Waals surface area contributed by atoms with Gasteiger partial charge in [0.25, 0.3) is 0 Å². The van der Waals surface area contributed by atoms with E-state index in [1.807, 2.05) is 0 Å². The molecule has 0 heterocycles. The largest absolute Gasteiger partial charge is 0.437 e. The molecule has 0 atom stereocenters. The van der Waals surface area contributed by atoms with Crippen molar-refractivity contribution in [2.24, 2.45) is 0 Å². The summed E-state index contributed by atoms with van der Waals surface area (Å²) in [5.41, 5.74) is 0.749. The molecular weight excluding hydrogens is 165 g/mol. The van der Waals surface area contributed by atoms with Crippen LogP contribution in [-0.2, 0) is 4.65 Å². The van der Waals surface area contributed by atoms with Crippen LogP contribution in [0.4, 0.5) is 4.39 Å². The van der Waals surface area contributed by atoms with Crippen molar-refractivity contribution in [3.8, 4) is 0 Å². The summed E-state index contributed by atoms with van der Waals surface area (Å²) in [5.74, 6) is -0.417. The monoisotopic (exact) mass is 171 g/mol. The van der Waals surface area contributed by atoms with Gasteiger partial charge in [-0.25, -0.2) is 4.39 Å². The van der Waals surface area contributed by atoms with Gasteiger partial charge in [0.15, 0.2) is 0 Å². The molecule has 11 heavy (non-hydrogen) atoms. The fourth-order valence-electron chi connectivity index (χ4n) is 0.722. The lowest BCUT2D eigenvalue weighted by Gasteiger charge is -1.97. The highest BCUT2D eigenvalue weighted by atomic mass is 35.5. The Morgan fingerprint density at radius 2 is 2.27 bits per heavy atom.